The number of alkyl halides is 1. The number of unbranched alkanes of at least 4 members (excludes halogenated alkanes) is 1. The number of nitrogens with one attached hydrogen (secondary N) is 1. The average molecular weight is 286 g/mol. The van der Waals surface area contributed by atoms with Crippen molar-refractivity contribution in [3.05, 3.63) is 0 Å². The quantitative estimate of drug-likeness (QED) is 0.730. The number of halogens is 1. The average Bonchev–Trinajstić information content (AvgIpc) is 1.98. The Kier molecular flexibility index (Phi) is 6.25. The van der Waals surface area contributed by atoms with Crippen molar-refractivity contribution < 1.29 is 8.42 Å². The molecule has 0 saturated heterocycles. The van der Waals surface area contributed by atoms with Gasteiger partial charge in [0.1, 0.15) is 0 Å². The van der Waals surface area contributed by atoms with E-state index in [2.05, 4.69) is 20.7 Å². The molecule has 14 heavy (non-hydrogen) atoms. The third kappa shape index (κ3) is 6.79. The van der Waals surface area contributed by atoms with Crippen molar-refractivity contribution in [1.82, 2.24) is 4.72 Å². The zero-order valence-electron chi connectivity index (χ0n) is 9.14. The predicted octanol–water partition coefficient (Wildman–Crippen LogP) is 2.27. The van der Waals surface area contributed by atoms with E-state index in [4.69, 9.17) is 0 Å². The summed E-state index contributed by atoms with van der Waals surface area (Å²) in [5.74, 6) is 0.231. The molecule has 0 bridgehead atoms. The SMILES string of the molecule is CCCCS(=O)(=O)NC(C)(C)CCBr. The Morgan fingerprint density at radius 3 is 2.36 bits per heavy atom. The molecule has 0 heterocycles. The van der Waals surface area contributed by atoms with Crippen molar-refractivity contribution in [3.63, 3.8) is 0 Å². The molecule has 0 aliphatic heterocycles. The van der Waals surface area contributed by atoms with E-state index in [0.717, 1.165) is 24.6 Å². The molecule has 0 aliphatic carbocycles. The largest absolute Gasteiger partial charge is 0.212 e. The van der Waals surface area contributed by atoms with Crippen LogP contribution in [0.15, 0.2) is 0 Å². The van der Waals surface area contributed by atoms with Gasteiger partial charge in [-0.15, -0.1) is 0 Å². The van der Waals surface area contributed by atoms with Gasteiger partial charge >= 0.3 is 0 Å². The molecule has 0 saturated carbocycles. The highest BCUT2D eigenvalue weighted by atomic mass is 79.9. The highest BCUT2D eigenvalue weighted by Gasteiger charge is 2.23. The summed E-state index contributed by atoms with van der Waals surface area (Å²) < 4.78 is 25.8. The number of sulfonamides is 1. The van der Waals surface area contributed by atoms with Crippen LogP contribution in [-0.2, 0) is 10.0 Å². The third-order valence-corrected chi connectivity index (χ3v) is 4.00. The van der Waals surface area contributed by atoms with E-state index in [1.165, 1.54) is 0 Å². The number of rotatable bonds is 7. The van der Waals surface area contributed by atoms with E-state index < -0.39 is 10.0 Å². The lowest BCUT2D eigenvalue weighted by Gasteiger charge is -2.24. The van der Waals surface area contributed by atoms with Gasteiger partial charge in [-0.1, -0.05) is 29.3 Å². The van der Waals surface area contributed by atoms with E-state index in [1.807, 2.05) is 20.8 Å². The van der Waals surface area contributed by atoms with Crippen LogP contribution in [0.1, 0.15) is 40.0 Å². The molecule has 0 fully saturated rings. The minimum absolute atomic E-state index is 0.231. The monoisotopic (exact) mass is 285 g/mol. The molecule has 0 aromatic carbocycles. The lowest BCUT2D eigenvalue weighted by molar-refractivity contribution is 0.443. The van der Waals surface area contributed by atoms with E-state index in [0.29, 0.717) is 0 Å². The van der Waals surface area contributed by atoms with Crippen LogP contribution in [0.5, 0.6) is 0 Å². The summed E-state index contributed by atoms with van der Waals surface area (Å²) in [6.45, 7) is 5.79. The third-order valence-electron chi connectivity index (χ3n) is 1.92. The maximum absolute atomic E-state index is 11.6. The van der Waals surface area contributed by atoms with Gasteiger partial charge in [0.15, 0.2) is 0 Å². The van der Waals surface area contributed by atoms with Crippen LogP contribution in [0.2, 0.25) is 0 Å². The van der Waals surface area contributed by atoms with Crippen LogP contribution in [0.4, 0.5) is 0 Å². The highest BCUT2D eigenvalue weighted by Crippen LogP contribution is 2.12. The van der Waals surface area contributed by atoms with Gasteiger partial charge in [0.2, 0.25) is 10.0 Å². The normalized spacial score (nSPS) is 13.1. The second kappa shape index (κ2) is 6.08. The molecule has 0 amide bonds. The topological polar surface area (TPSA) is 46.2 Å². The summed E-state index contributed by atoms with van der Waals surface area (Å²) >= 11 is 3.31. The van der Waals surface area contributed by atoms with Crippen molar-refractivity contribution in [2.24, 2.45) is 0 Å². The number of hydrogen-bond donors (Lipinski definition) is 1. The molecule has 1 N–H and O–H groups in total. The van der Waals surface area contributed by atoms with Crippen LogP contribution in [-0.4, -0.2) is 25.0 Å². The summed E-state index contributed by atoms with van der Waals surface area (Å²) in [6.07, 6.45) is 2.41. The number of hydrogen-bond acceptors (Lipinski definition) is 2. The Bertz CT molecular complexity index is 250. The molecule has 0 aromatic heterocycles. The maximum atomic E-state index is 11.6. The van der Waals surface area contributed by atoms with Gasteiger partial charge in [0.25, 0.3) is 0 Å². The van der Waals surface area contributed by atoms with Crippen molar-refractivity contribution in [2.75, 3.05) is 11.1 Å². The molecular formula is C9H20BrNO2S. The van der Waals surface area contributed by atoms with Crippen LogP contribution >= 0.6 is 15.9 Å². The molecule has 0 spiro atoms. The van der Waals surface area contributed by atoms with Crippen LogP contribution in [0.3, 0.4) is 0 Å². The standard InChI is InChI=1S/C9H20BrNO2S/c1-4-5-8-14(12,13)11-9(2,3)6-7-10/h11H,4-8H2,1-3H3. The van der Waals surface area contributed by atoms with Crippen LogP contribution in [0, 0.1) is 0 Å². The fourth-order valence-corrected chi connectivity index (χ4v) is 3.80. The lowest BCUT2D eigenvalue weighted by atomic mass is 10.0. The van der Waals surface area contributed by atoms with Crippen molar-refractivity contribution in [3.8, 4) is 0 Å². The second-order valence-electron chi connectivity index (χ2n) is 4.10. The molecule has 0 rings (SSSR count). The van der Waals surface area contributed by atoms with Crippen LogP contribution in [0.25, 0.3) is 0 Å². The highest BCUT2D eigenvalue weighted by molar-refractivity contribution is 9.09. The molecular weight excluding hydrogens is 266 g/mol. The Balaban J connectivity index is 4.20. The Labute approximate surface area is 95.8 Å². The molecule has 3 nitrogen and oxygen atoms in total. The van der Waals surface area contributed by atoms with Crippen LogP contribution < -0.4 is 4.72 Å². The molecule has 0 aliphatic rings. The fourth-order valence-electron chi connectivity index (χ4n) is 1.09. The minimum Gasteiger partial charge on any atom is -0.212 e. The summed E-state index contributed by atoms with van der Waals surface area (Å²) in [4.78, 5) is 0. The molecule has 0 aromatic rings. The first-order valence-corrected chi connectivity index (χ1v) is 7.68. The smallest absolute Gasteiger partial charge is 0.212 e. The first kappa shape index (κ1) is 14.4. The second-order valence-corrected chi connectivity index (χ2v) is 6.73. The maximum Gasteiger partial charge on any atom is 0.212 e. The Morgan fingerprint density at radius 1 is 1.36 bits per heavy atom. The summed E-state index contributed by atoms with van der Waals surface area (Å²) in [6, 6.07) is 0. The van der Waals surface area contributed by atoms with Crippen molar-refractivity contribution in [2.45, 2.75) is 45.6 Å². The molecule has 0 atom stereocenters. The summed E-state index contributed by atoms with van der Waals surface area (Å²) in [5.41, 5.74) is -0.351. The zero-order chi connectivity index (χ0) is 11.2. The fraction of sp³-hybridized carbons (Fsp3) is 1.00. The zero-order valence-corrected chi connectivity index (χ0v) is 11.5. The van der Waals surface area contributed by atoms with Crippen molar-refractivity contribution >= 4 is 26.0 Å². The van der Waals surface area contributed by atoms with Gasteiger partial charge in [0.05, 0.1) is 5.75 Å². The van der Waals surface area contributed by atoms with Gasteiger partial charge in [-0.25, -0.2) is 13.1 Å². The van der Waals surface area contributed by atoms with E-state index in [-0.39, 0.29) is 11.3 Å². The summed E-state index contributed by atoms with van der Waals surface area (Å²) in [5, 5.41) is 0.802. The molecule has 0 unspecified atom stereocenters. The molecule has 0 radical (unpaired) electrons. The van der Waals surface area contributed by atoms with Gasteiger partial charge < -0.3 is 0 Å². The van der Waals surface area contributed by atoms with E-state index in [9.17, 15) is 8.42 Å². The Hall–Kier alpha value is 0.390. The van der Waals surface area contributed by atoms with Gasteiger partial charge in [-0.3, -0.25) is 0 Å². The van der Waals surface area contributed by atoms with Gasteiger partial charge in [-0.05, 0) is 26.7 Å². The van der Waals surface area contributed by atoms with Gasteiger partial charge in [0, 0.05) is 10.9 Å². The van der Waals surface area contributed by atoms with Gasteiger partial charge in [-0.2, -0.15) is 0 Å². The first-order chi connectivity index (χ1) is 6.33. The first-order valence-electron chi connectivity index (χ1n) is 4.90. The molecule has 86 valence electrons. The molecule has 5 heteroatoms. The van der Waals surface area contributed by atoms with Crippen molar-refractivity contribution in [1.29, 1.82) is 0 Å². The Morgan fingerprint density at radius 2 is 1.93 bits per heavy atom. The van der Waals surface area contributed by atoms with E-state index in [1.54, 1.807) is 0 Å². The predicted molar refractivity (Wildman–Crippen MR) is 64.3 cm³/mol. The van der Waals surface area contributed by atoms with E-state index >= 15 is 0 Å². The minimum atomic E-state index is -3.09. The lowest BCUT2D eigenvalue weighted by Crippen LogP contribution is -2.44. The summed E-state index contributed by atoms with van der Waals surface area (Å²) in [7, 11) is -3.09.